The van der Waals surface area contributed by atoms with Crippen LogP contribution < -0.4 is 0 Å². The van der Waals surface area contributed by atoms with Crippen LogP contribution in [0.15, 0.2) is 146 Å². The fourth-order valence-corrected chi connectivity index (χ4v) is 5.66. The van der Waals surface area contributed by atoms with Crippen LogP contribution in [0.25, 0.3) is 65.7 Å². The minimum Gasteiger partial charge on any atom is -0.0616 e. The van der Waals surface area contributed by atoms with Crippen LogP contribution in [-0.4, -0.2) is 0 Å². The highest BCUT2D eigenvalue weighted by Crippen LogP contribution is 2.45. The maximum Gasteiger partial charge on any atom is -0.00201 e. The predicted molar refractivity (Wildman–Crippen MR) is 155 cm³/mol. The van der Waals surface area contributed by atoms with E-state index in [1.165, 1.54) is 65.7 Å². The van der Waals surface area contributed by atoms with Gasteiger partial charge in [-0.25, -0.2) is 0 Å². The topological polar surface area (TPSA) is 0 Å². The van der Waals surface area contributed by atoms with Gasteiger partial charge >= 0.3 is 0 Å². The Balaban J connectivity index is 1.64. The third-order valence-electron chi connectivity index (χ3n) is 7.28. The van der Waals surface area contributed by atoms with Gasteiger partial charge in [0.15, 0.2) is 0 Å². The molecule has 0 atom stereocenters. The average Bonchev–Trinajstić information content (AvgIpc) is 2.96. The lowest BCUT2D eigenvalue weighted by molar-refractivity contribution is 1.60. The molecule has 0 aliphatic rings. The maximum absolute atomic E-state index is 2.29. The quantitative estimate of drug-likeness (QED) is 0.248. The van der Waals surface area contributed by atoms with Gasteiger partial charge in [-0.2, -0.15) is 0 Å². The van der Waals surface area contributed by atoms with E-state index < -0.39 is 0 Å². The van der Waals surface area contributed by atoms with E-state index in [1.807, 2.05) is 0 Å². The molecule has 168 valence electrons. The Morgan fingerprint density at radius 1 is 0.222 bits per heavy atom. The molecule has 0 saturated carbocycles. The summed E-state index contributed by atoms with van der Waals surface area (Å²) in [6.07, 6.45) is 0. The highest BCUT2D eigenvalue weighted by atomic mass is 14.2. The number of benzene rings is 7. The summed E-state index contributed by atoms with van der Waals surface area (Å²) in [5.41, 5.74) is 7.58. The van der Waals surface area contributed by atoms with Gasteiger partial charge in [0.25, 0.3) is 0 Å². The molecule has 0 aliphatic carbocycles. The van der Waals surface area contributed by atoms with Crippen LogP contribution in [0.2, 0.25) is 0 Å². The smallest absolute Gasteiger partial charge is 0.00201 e. The number of fused-ring (bicyclic) bond motifs is 3. The summed E-state index contributed by atoms with van der Waals surface area (Å²) in [6, 6.07) is 52.8. The highest BCUT2D eigenvalue weighted by Gasteiger charge is 2.18. The predicted octanol–water partition coefficient (Wildman–Crippen LogP) is 10.1. The van der Waals surface area contributed by atoms with Gasteiger partial charge in [-0.15, -0.1) is 0 Å². The zero-order valence-electron chi connectivity index (χ0n) is 19.9. The van der Waals surface area contributed by atoms with E-state index in [-0.39, 0.29) is 0 Å². The zero-order valence-corrected chi connectivity index (χ0v) is 19.9. The normalized spacial score (nSPS) is 11.3. The second-order valence-corrected chi connectivity index (χ2v) is 9.31. The Bertz CT molecular complexity index is 1780. The molecule has 0 spiro atoms. The van der Waals surface area contributed by atoms with E-state index >= 15 is 0 Å². The molecule has 7 aromatic rings. The summed E-state index contributed by atoms with van der Waals surface area (Å²) < 4.78 is 0. The van der Waals surface area contributed by atoms with E-state index in [4.69, 9.17) is 0 Å². The van der Waals surface area contributed by atoms with Crippen molar-refractivity contribution in [1.29, 1.82) is 0 Å². The lowest BCUT2D eigenvalue weighted by Crippen LogP contribution is -1.93. The van der Waals surface area contributed by atoms with Crippen LogP contribution in [0.3, 0.4) is 0 Å². The van der Waals surface area contributed by atoms with E-state index in [0.29, 0.717) is 0 Å². The molecule has 0 heterocycles. The molecule has 7 rings (SSSR count). The van der Waals surface area contributed by atoms with Crippen molar-refractivity contribution >= 4 is 32.3 Å². The van der Waals surface area contributed by atoms with Crippen LogP contribution in [0.1, 0.15) is 0 Å². The van der Waals surface area contributed by atoms with Gasteiger partial charge in [-0.1, -0.05) is 146 Å². The first-order chi connectivity index (χ1) is 17.9. The Labute approximate surface area is 211 Å². The molecule has 0 saturated heterocycles. The van der Waals surface area contributed by atoms with Crippen LogP contribution in [0.4, 0.5) is 0 Å². The van der Waals surface area contributed by atoms with Gasteiger partial charge in [0.05, 0.1) is 0 Å². The van der Waals surface area contributed by atoms with Crippen molar-refractivity contribution in [3.05, 3.63) is 146 Å². The van der Waals surface area contributed by atoms with E-state index in [9.17, 15) is 0 Å². The summed E-state index contributed by atoms with van der Waals surface area (Å²) in [6.45, 7) is 0. The summed E-state index contributed by atoms with van der Waals surface area (Å²) in [5, 5.41) is 7.60. The van der Waals surface area contributed by atoms with Crippen molar-refractivity contribution in [2.75, 3.05) is 0 Å². The molecule has 7 aromatic carbocycles. The van der Waals surface area contributed by atoms with E-state index in [1.54, 1.807) is 0 Å². The minimum absolute atomic E-state index is 1.26. The van der Waals surface area contributed by atoms with Crippen molar-refractivity contribution in [3.63, 3.8) is 0 Å². The first-order valence-corrected chi connectivity index (χ1v) is 12.5. The molecular formula is C36H24. The molecule has 0 fully saturated rings. The van der Waals surface area contributed by atoms with Crippen molar-refractivity contribution in [3.8, 4) is 33.4 Å². The Morgan fingerprint density at radius 3 is 1.00 bits per heavy atom. The molecule has 0 N–H and O–H groups in total. The number of hydrogen-bond donors (Lipinski definition) is 0. The second-order valence-electron chi connectivity index (χ2n) is 9.31. The molecular weight excluding hydrogens is 432 g/mol. The van der Waals surface area contributed by atoms with Crippen LogP contribution in [-0.2, 0) is 0 Å². The molecule has 0 unspecified atom stereocenters. The van der Waals surface area contributed by atoms with Crippen molar-refractivity contribution in [1.82, 2.24) is 0 Å². The fraction of sp³-hybridized carbons (Fsp3) is 0. The molecule has 0 heteroatoms. The minimum atomic E-state index is 1.26. The first-order valence-electron chi connectivity index (χ1n) is 12.5. The molecule has 0 bridgehead atoms. The van der Waals surface area contributed by atoms with Gasteiger partial charge in [-0.05, 0) is 65.7 Å². The van der Waals surface area contributed by atoms with Crippen molar-refractivity contribution in [2.45, 2.75) is 0 Å². The number of hydrogen-bond acceptors (Lipinski definition) is 0. The monoisotopic (exact) mass is 456 g/mol. The fourth-order valence-electron chi connectivity index (χ4n) is 5.66. The maximum atomic E-state index is 2.29. The van der Waals surface area contributed by atoms with Gasteiger partial charge in [-0.3, -0.25) is 0 Å². The zero-order chi connectivity index (χ0) is 23.9. The highest BCUT2D eigenvalue weighted by molar-refractivity contribution is 6.11. The molecule has 0 radical (unpaired) electrons. The van der Waals surface area contributed by atoms with Gasteiger partial charge in [0.2, 0.25) is 0 Å². The molecule has 36 heavy (non-hydrogen) atoms. The van der Waals surface area contributed by atoms with E-state index in [0.717, 1.165) is 0 Å². The van der Waals surface area contributed by atoms with Crippen LogP contribution in [0.5, 0.6) is 0 Å². The molecule has 0 nitrogen and oxygen atoms in total. The summed E-state index contributed by atoms with van der Waals surface area (Å²) in [5.74, 6) is 0. The van der Waals surface area contributed by atoms with E-state index in [2.05, 4.69) is 146 Å². The Hall–Kier alpha value is -4.68. The third kappa shape index (κ3) is 3.31. The summed E-state index contributed by atoms with van der Waals surface area (Å²) in [7, 11) is 0. The second kappa shape index (κ2) is 8.52. The molecule has 0 aliphatic heterocycles. The van der Waals surface area contributed by atoms with Crippen molar-refractivity contribution in [2.24, 2.45) is 0 Å². The third-order valence-corrected chi connectivity index (χ3v) is 7.28. The van der Waals surface area contributed by atoms with Gasteiger partial charge < -0.3 is 0 Å². The lowest BCUT2D eigenvalue weighted by atomic mass is 9.83. The first kappa shape index (κ1) is 20.7. The molecule has 0 amide bonds. The standard InChI is InChI=1S/C36H24/c1-4-17-28-25(11-1)14-7-20-31(28)34-23-10-24-35(32-21-8-15-26-12-2-5-18-29(26)32)36(34)33-22-9-16-27-13-3-6-19-30(27)33/h1-24H. The van der Waals surface area contributed by atoms with Crippen LogP contribution in [0, 0.1) is 0 Å². The lowest BCUT2D eigenvalue weighted by Gasteiger charge is -2.20. The Morgan fingerprint density at radius 2 is 0.528 bits per heavy atom. The van der Waals surface area contributed by atoms with Gasteiger partial charge in [0, 0.05) is 0 Å². The largest absolute Gasteiger partial charge is 0.0616 e. The van der Waals surface area contributed by atoms with Crippen molar-refractivity contribution < 1.29 is 0 Å². The Kier molecular flexibility index (Phi) is 4.89. The summed E-state index contributed by atoms with van der Waals surface area (Å²) >= 11 is 0. The van der Waals surface area contributed by atoms with Crippen LogP contribution >= 0.6 is 0 Å². The van der Waals surface area contributed by atoms with Gasteiger partial charge in [0.1, 0.15) is 0 Å². The SMILES string of the molecule is c1cc(-c2cccc3ccccc23)c(-c2cccc3ccccc23)c(-c2cccc3ccccc23)c1. The number of rotatable bonds is 3. The summed E-state index contributed by atoms with van der Waals surface area (Å²) in [4.78, 5) is 0. The molecule has 0 aromatic heterocycles. The average molecular weight is 457 g/mol.